The maximum Gasteiger partial charge on any atom is 0.203 e. The monoisotopic (exact) mass is 362 g/mol. The van der Waals surface area contributed by atoms with E-state index in [0.29, 0.717) is 4.47 Å². The molecule has 0 amide bonds. The first kappa shape index (κ1) is 15.5. The van der Waals surface area contributed by atoms with Crippen LogP contribution in [0, 0.1) is 23.3 Å². The summed E-state index contributed by atoms with van der Waals surface area (Å²) in [6.45, 7) is -0.765. The highest BCUT2D eigenvalue weighted by Gasteiger charge is 2.22. The molecule has 2 aromatic carbocycles. The lowest BCUT2D eigenvalue weighted by Gasteiger charge is -2.09. The van der Waals surface area contributed by atoms with E-state index in [9.17, 15) is 22.4 Å². The normalized spacial score (nSPS) is 10.5. The molecule has 0 bridgehead atoms. The second-order valence-electron chi connectivity index (χ2n) is 3.99. The van der Waals surface area contributed by atoms with Crippen molar-refractivity contribution in [1.29, 1.82) is 0 Å². The molecular weight excluding hydrogens is 356 g/mol. The fourth-order valence-corrected chi connectivity index (χ4v) is 2.09. The Balaban J connectivity index is 2.21. The van der Waals surface area contributed by atoms with E-state index in [2.05, 4.69) is 20.7 Å². The van der Waals surface area contributed by atoms with Gasteiger partial charge < -0.3 is 4.74 Å². The van der Waals surface area contributed by atoms with Gasteiger partial charge in [-0.2, -0.15) is 8.78 Å². The van der Waals surface area contributed by atoms with Crippen molar-refractivity contribution in [1.82, 2.24) is 0 Å². The fraction of sp³-hybridized carbons (Fsp3) is 0.0714. The second kappa shape index (κ2) is 6.26. The molecule has 0 N–H and O–H groups in total. The topological polar surface area (TPSA) is 26.3 Å². The van der Waals surface area contributed by atoms with Crippen LogP contribution in [0.25, 0.3) is 0 Å². The van der Waals surface area contributed by atoms with Gasteiger partial charge in [-0.1, -0.05) is 34.1 Å². The molecule has 0 atom stereocenters. The number of rotatable bonds is 4. The van der Waals surface area contributed by atoms with Crippen LogP contribution in [0.15, 0.2) is 34.8 Å². The lowest BCUT2D eigenvalue weighted by Crippen LogP contribution is -2.14. The molecule has 0 saturated heterocycles. The van der Waals surface area contributed by atoms with E-state index in [1.807, 2.05) is 0 Å². The Kier molecular flexibility index (Phi) is 4.62. The van der Waals surface area contributed by atoms with E-state index in [4.69, 9.17) is 0 Å². The van der Waals surface area contributed by atoms with Crippen molar-refractivity contribution < 1.29 is 27.1 Å². The third-order valence-electron chi connectivity index (χ3n) is 2.59. The smallest absolute Gasteiger partial charge is 0.203 e. The van der Waals surface area contributed by atoms with E-state index in [-0.39, 0.29) is 11.6 Å². The summed E-state index contributed by atoms with van der Waals surface area (Å²) in [5.74, 6) is -8.43. The van der Waals surface area contributed by atoms with Gasteiger partial charge in [0.2, 0.25) is 17.4 Å². The molecule has 0 fully saturated rings. The van der Waals surface area contributed by atoms with Crippen LogP contribution in [0.1, 0.15) is 10.4 Å². The lowest BCUT2D eigenvalue weighted by molar-refractivity contribution is 0.0913. The fourth-order valence-electron chi connectivity index (χ4n) is 1.58. The molecule has 21 heavy (non-hydrogen) atoms. The zero-order chi connectivity index (χ0) is 15.6. The van der Waals surface area contributed by atoms with Gasteiger partial charge in [-0.15, -0.1) is 0 Å². The molecule has 0 aliphatic carbocycles. The molecule has 0 aliphatic rings. The van der Waals surface area contributed by atoms with Crippen LogP contribution in [-0.4, -0.2) is 12.4 Å². The second-order valence-corrected chi connectivity index (χ2v) is 4.84. The van der Waals surface area contributed by atoms with Crippen LogP contribution in [0.4, 0.5) is 17.6 Å². The van der Waals surface area contributed by atoms with E-state index in [1.165, 1.54) is 6.07 Å². The number of hydrogen-bond acceptors (Lipinski definition) is 2. The molecule has 2 nitrogen and oxygen atoms in total. The number of carbonyl (C=O) groups is 1. The summed E-state index contributed by atoms with van der Waals surface area (Å²) >= 11 is 3.13. The molecule has 0 radical (unpaired) electrons. The quantitative estimate of drug-likeness (QED) is 0.461. The van der Waals surface area contributed by atoms with Gasteiger partial charge >= 0.3 is 0 Å². The van der Waals surface area contributed by atoms with E-state index >= 15 is 0 Å². The standard InChI is InChI=1S/C14H7BrF4O2/c15-8-4-2-1-3-7(8)11(20)6-21-14-12(18)9(16)5-10(17)13(14)19/h1-5H,6H2. The maximum atomic E-state index is 13.3. The molecule has 0 heterocycles. The summed E-state index contributed by atoms with van der Waals surface area (Å²) < 4.78 is 57.7. The first-order chi connectivity index (χ1) is 9.91. The summed E-state index contributed by atoms with van der Waals surface area (Å²) in [6.07, 6.45) is 0. The highest BCUT2D eigenvalue weighted by molar-refractivity contribution is 9.10. The largest absolute Gasteiger partial charge is 0.479 e. The average molecular weight is 363 g/mol. The maximum absolute atomic E-state index is 13.3. The van der Waals surface area contributed by atoms with Crippen molar-refractivity contribution in [2.24, 2.45) is 0 Å². The zero-order valence-electron chi connectivity index (χ0n) is 10.3. The van der Waals surface area contributed by atoms with Gasteiger partial charge in [-0.25, -0.2) is 8.78 Å². The minimum Gasteiger partial charge on any atom is -0.479 e. The van der Waals surface area contributed by atoms with Crippen molar-refractivity contribution in [3.05, 3.63) is 63.6 Å². The highest BCUT2D eigenvalue weighted by Crippen LogP contribution is 2.26. The molecule has 110 valence electrons. The summed E-state index contributed by atoms with van der Waals surface area (Å²) in [6, 6.07) is 6.38. The molecular formula is C14H7BrF4O2. The molecule has 2 aromatic rings. The Hall–Kier alpha value is -1.89. The number of ether oxygens (including phenoxy) is 1. The molecule has 0 spiro atoms. The number of benzene rings is 2. The van der Waals surface area contributed by atoms with Crippen LogP contribution in [0.3, 0.4) is 0 Å². The Labute approximate surface area is 125 Å². The van der Waals surface area contributed by atoms with E-state index < -0.39 is 41.4 Å². The van der Waals surface area contributed by atoms with Crippen molar-refractivity contribution in [3.8, 4) is 5.75 Å². The van der Waals surface area contributed by atoms with Gasteiger partial charge in [0, 0.05) is 16.1 Å². The number of hydrogen-bond donors (Lipinski definition) is 0. The molecule has 7 heteroatoms. The molecule has 0 aliphatic heterocycles. The first-order valence-electron chi connectivity index (χ1n) is 5.65. The first-order valence-corrected chi connectivity index (χ1v) is 6.44. The van der Waals surface area contributed by atoms with Gasteiger partial charge in [0.1, 0.15) is 0 Å². The lowest BCUT2D eigenvalue weighted by atomic mass is 10.1. The van der Waals surface area contributed by atoms with Crippen LogP contribution in [-0.2, 0) is 0 Å². The van der Waals surface area contributed by atoms with Crippen LogP contribution >= 0.6 is 15.9 Å². The number of carbonyl (C=O) groups excluding carboxylic acids is 1. The predicted molar refractivity (Wildman–Crippen MR) is 70.2 cm³/mol. The molecule has 0 saturated carbocycles. The molecule has 0 aromatic heterocycles. The Morgan fingerprint density at radius 3 is 2.19 bits per heavy atom. The van der Waals surface area contributed by atoms with Gasteiger partial charge in [-0.05, 0) is 6.07 Å². The van der Waals surface area contributed by atoms with Crippen molar-refractivity contribution in [3.63, 3.8) is 0 Å². The number of halogens is 5. The molecule has 0 unspecified atom stereocenters. The summed E-state index contributed by atoms with van der Waals surface area (Å²) in [5.41, 5.74) is 0.218. The number of ketones is 1. The van der Waals surface area contributed by atoms with E-state index in [0.717, 1.165) is 0 Å². The van der Waals surface area contributed by atoms with E-state index in [1.54, 1.807) is 18.2 Å². The average Bonchev–Trinajstić information content (AvgIpc) is 2.45. The third-order valence-corrected chi connectivity index (χ3v) is 3.28. The Bertz CT molecular complexity index is 677. The van der Waals surface area contributed by atoms with Crippen molar-refractivity contribution in [2.45, 2.75) is 0 Å². The van der Waals surface area contributed by atoms with Crippen LogP contribution in [0.5, 0.6) is 5.75 Å². The van der Waals surface area contributed by atoms with Gasteiger partial charge in [0.15, 0.2) is 24.0 Å². The minimum absolute atomic E-state index is 0.0626. The van der Waals surface area contributed by atoms with Crippen molar-refractivity contribution >= 4 is 21.7 Å². The predicted octanol–water partition coefficient (Wildman–Crippen LogP) is 4.27. The Morgan fingerprint density at radius 1 is 1.05 bits per heavy atom. The minimum atomic E-state index is -1.69. The van der Waals surface area contributed by atoms with Gasteiger partial charge in [0.05, 0.1) is 0 Å². The highest BCUT2D eigenvalue weighted by atomic mass is 79.9. The van der Waals surface area contributed by atoms with Crippen LogP contribution in [0.2, 0.25) is 0 Å². The zero-order valence-corrected chi connectivity index (χ0v) is 11.9. The summed E-state index contributed by atoms with van der Waals surface area (Å²) in [7, 11) is 0. The Morgan fingerprint density at radius 2 is 1.62 bits per heavy atom. The summed E-state index contributed by atoms with van der Waals surface area (Å²) in [4.78, 5) is 11.8. The molecule has 2 rings (SSSR count). The van der Waals surface area contributed by atoms with Gasteiger partial charge in [-0.3, -0.25) is 4.79 Å². The van der Waals surface area contributed by atoms with Gasteiger partial charge in [0.25, 0.3) is 0 Å². The number of Topliss-reactive ketones (excluding diaryl/α,β-unsaturated/α-hetero) is 1. The van der Waals surface area contributed by atoms with Crippen molar-refractivity contribution in [2.75, 3.05) is 6.61 Å². The SMILES string of the molecule is O=C(COc1c(F)c(F)cc(F)c1F)c1ccccc1Br. The van der Waals surface area contributed by atoms with Crippen LogP contribution < -0.4 is 4.74 Å². The third kappa shape index (κ3) is 3.24. The summed E-state index contributed by atoms with van der Waals surface area (Å²) in [5, 5.41) is 0.